The minimum absolute atomic E-state index is 0.0807. The lowest BCUT2D eigenvalue weighted by Gasteiger charge is -2.24. The van der Waals surface area contributed by atoms with Gasteiger partial charge in [-0.1, -0.05) is 47.7 Å². The molecule has 0 aliphatic carbocycles. The Bertz CT molecular complexity index is 1520. The maximum atomic E-state index is 13.8. The number of fused-ring (bicyclic) bond motifs is 1. The van der Waals surface area contributed by atoms with Gasteiger partial charge in [0.1, 0.15) is 11.6 Å². The van der Waals surface area contributed by atoms with E-state index in [4.69, 9.17) is 9.47 Å². The van der Waals surface area contributed by atoms with E-state index in [1.165, 1.54) is 30.2 Å². The van der Waals surface area contributed by atoms with Gasteiger partial charge in [0.25, 0.3) is 5.78 Å². The first kappa shape index (κ1) is 23.5. The van der Waals surface area contributed by atoms with E-state index in [1.807, 2.05) is 6.92 Å². The van der Waals surface area contributed by atoms with Crippen LogP contribution in [0.25, 0.3) is 16.0 Å². The molecule has 182 valence electrons. The number of Topliss-reactive ketones (excluding diaryl/α,β-unsaturated/α-hetero) is 1. The quantitative estimate of drug-likeness (QED) is 0.213. The minimum atomic E-state index is -1.000. The molecule has 2 heterocycles. The van der Waals surface area contributed by atoms with Gasteiger partial charge in [-0.2, -0.15) is 0 Å². The molecule has 1 N–H and O–H groups in total. The SMILES string of the molecule is CCOc1ccc(C2/C(=C(\O)c3ccccc3)C(=O)C(=O)N2c2nc3ccc(F)cc3s2)cc1OC. The largest absolute Gasteiger partial charge is 0.507 e. The summed E-state index contributed by atoms with van der Waals surface area (Å²) < 4.78 is 25.4. The highest BCUT2D eigenvalue weighted by Gasteiger charge is 2.48. The fraction of sp³-hybridized carbons (Fsp3) is 0.148. The second-order valence-corrected chi connectivity index (χ2v) is 9.00. The Labute approximate surface area is 210 Å². The van der Waals surface area contributed by atoms with Crippen LogP contribution in [0.1, 0.15) is 24.1 Å². The highest BCUT2D eigenvalue weighted by molar-refractivity contribution is 7.22. The first-order valence-corrected chi connectivity index (χ1v) is 12.0. The molecule has 4 aromatic rings. The third-order valence-electron chi connectivity index (χ3n) is 5.84. The van der Waals surface area contributed by atoms with Gasteiger partial charge in [-0.05, 0) is 42.8 Å². The lowest BCUT2D eigenvalue weighted by atomic mass is 9.95. The van der Waals surface area contributed by atoms with Crippen molar-refractivity contribution in [2.24, 2.45) is 0 Å². The fourth-order valence-corrected chi connectivity index (χ4v) is 5.23. The number of amides is 1. The van der Waals surface area contributed by atoms with Crippen molar-refractivity contribution >= 4 is 44.1 Å². The predicted molar refractivity (Wildman–Crippen MR) is 135 cm³/mol. The van der Waals surface area contributed by atoms with E-state index in [-0.39, 0.29) is 16.5 Å². The van der Waals surface area contributed by atoms with Crippen LogP contribution in [0.4, 0.5) is 9.52 Å². The Morgan fingerprint density at radius 1 is 1.08 bits per heavy atom. The molecule has 5 rings (SSSR count). The number of ether oxygens (including phenoxy) is 2. The van der Waals surface area contributed by atoms with E-state index in [1.54, 1.807) is 48.5 Å². The monoisotopic (exact) mass is 504 g/mol. The molecular weight excluding hydrogens is 483 g/mol. The normalized spacial score (nSPS) is 17.1. The number of aliphatic hydroxyl groups is 1. The number of aromatic nitrogens is 1. The van der Waals surface area contributed by atoms with Gasteiger partial charge in [-0.3, -0.25) is 14.5 Å². The van der Waals surface area contributed by atoms with Gasteiger partial charge in [0.2, 0.25) is 0 Å². The highest BCUT2D eigenvalue weighted by Crippen LogP contribution is 2.45. The molecule has 3 aromatic carbocycles. The minimum Gasteiger partial charge on any atom is -0.507 e. The second kappa shape index (κ2) is 9.43. The molecule has 1 aliphatic heterocycles. The van der Waals surface area contributed by atoms with Crippen LogP contribution in [-0.4, -0.2) is 35.5 Å². The summed E-state index contributed by atoms with van der Waals surface area (Å²) in [6.45, 7) is 2.27. The number of ketones is 1. The number of anilines is 1. The standard InChI is InChI=1S/C27H21FN2O5S/c1-3-35-19-12-9-16(13-20(19)34-2)23-22(24(31)15-7-5-4-6-8-15)25(32)26(33)30(23)27-29-18-11-10-17(28)14-21(18)36-27/h4-14,23,31H,3H2,1-2H3/b24-22+. The molecule has 36 heavy (non-hydrogen) atoms. The van der Waals surface area contributed by atoms with Crippen LogP contribution in [0.5, 0.6) is 11.5 Å². The molecule has 0 spiro atoms. The topological polar surface area (TPSA) is 89.0 Å². The number of carbonyl (C=O) groups excluding carboxylic acids is 2. The number of hydrogen-bond acceptors (Lipinski definition) is 7. The summed E-state index contributed by atoms with van der Waals surface area (Å²) >= 11 is 1.09. The van der Waals surface area contributed by atoms with E-state index in [0.717, 1.165) is 11.3 Å². The second-order valence-electron chi connectivity index (χ2n) is 7.99. The molecule has 1 aromatic heterocycles. The van der Waals surface area contributed by atoms with Crippen molar-refractivity contribution in [1.82, 2.24) is 4.98 Å². The van der Waals surface area contributed by atoms with E-state index < -0.39 is 23.5 Å². The van der Waals surface area contributed by atoms with Crippen molar-refractivity contribution < 1.29 is 28.6 Å². The van der Waals surface area contributed by atoms with E-state index in [2.05, 4.69) is 4.98 Å². The van der Waals surface area contributed by atoms with Crippen LogP contribution in [-0.2, 0) is 9.59 Å². The third kappa shape index (κ3) is 3.97. The Hall–Kier alpha value is -4.24. The fourth-order valence-electron chi connectivity index (χ4n) is 4.22. The van der Waals surface area contributed by atoms with Gasteiger partial charge in [-0.25, -0.2) is 9.37 Å². The zero-order valence-corrected chi connectivity index (χ0v) is 20.2. The van der Waals surface area contributed by atoms with Crippen molar-refractivity contribution in [3.63, 3.8) is 0 Å². The number of thiazole rings is 1. The number of halogens is 1. The van der Waals surface area contributed by atoms with Crippen molar-refractivity contribution in [3.05, 3.63) is 89.2 Å². The first-order valence-electron chi connectivity index (χ1n) is 11.2. The van der Waals surface area contributed by atoms with E-state index >= 15 is 0 Å². The molecule has 1 atom stereocenters. The summed E-state index contributed by atoms with van der Waals surface area (Å²) in [4.78, 5) is 32.4. The van der Waals surface area contributed by atoms with Crippen molar-refractivity contribution in [3.8, 4) is 11.5 Å². The zero-order valence-electron chi connectivity index (χ0n) is 19.4. The van der Waals surface area contributed by atoms with Crippen LogP contribution in [0, 0.1) is 5.82 Å². The lowest BCUT2D eigenvalue weighted by molar-refractivity contribution is -0.132. The Kier molecular flexibility index (Phi) is 6.15. The molecule has 7 nitrogen and oxygen atoms in total. The smallest absolute Gasteiger partial charge is 0.301 e. The highest BCUT2D eigenvalue weighted by atomic mass is 32.1. The first-order chi connectivity index (χ1) is 17.4. The van der Waals surface area contributed by atoms with Gasteiger partial charge in [0.05, 0.1) is 35.5 Å². The molecule has 0 saturated carbocycles. The van der Waals surface area contributed by atoms with Crippen molar-refractivity contribution in [2.45, 2.75) is 13.0 Å². The number of hydrogen-bond donors (Lipinski definition) is 1. The van der Waals surface area contributed by atoms with Crippen LogP contribution in [0.3, 0.4) is 0 Å². The Morgan fingerprint density at radius 2 is 1.86 bits per heavy atom. The average molecular weight is 505 g/mol. The number of aliphatic hydroxyl groups excluding tert-OH is 1. The number of carbonyl (C=O) groups is 2. The molecular formula is C27H21FN2O5S. The predicted octanol–water partition coefficient (Wildman–Crippen LogP) is 5.47. The van der Waals surface area contributed by atoms with E-state index in [9.17, 15) is 19.1 Å². The molecule has 1 saturated heterocycles. The molecule has 0 radical (unpaired) electrons. The molecule has 9 heteroatoms. The number of methoxy groups -OCH3 is 1. The Morgan fingerprint density at radius 3 is 2.58 bits per heavy atom. The maximum Gasteiger partial charge on any atom is 0.301 e. The Balaban J connectivity index is 1.73. The lowest BCUT2D eigenvalue weighted by Crippen LogP contribution is -2.29. The van der Waals surface area contributed by atoms with Crippen LogP contribution < -0.4 is 14.4 Å². The summed E-state index contributed by atoms with van der Waals surface area (Å²) in [5, 5.41) is 11.4. The summed E-state index contributed by atoms with van der Waals surface area (Å²) in [7, 11) is 1.49. The maximum absolute atomic E-state index is 13.8. The summed E-state index contributed by atoms with van der Waals surface area (Å²) in [5.41, 5.74) is 1.31. The molecule has 1 unspecified atom stereocenters. The van der Waals surface area contributed by atoms with Crippen LogP contribution in [0.2, 0.25) is 0 Å². The zero-order chi connectivity index (χ0) is 25.4. The van der Waals surface area contributed by atoms with Crippen LogP contribution >= 0.6 is 11.3 Å². The van der Waals surface area contributed by atoms with Gasteiger partial charge < -0.3 is 14.6 Å². The molecule has 1 amide bonds. The summed E-state index contributed by atoms with van der Waals surface area (Å²) in [5.74, 6) is -1.52. The van der Waals surface area contributed by atoms with Crippen molar-refractivity contribution in [1.29, 1.82) is 0 Å². The molecule has 1 fully saturated rings. The summed E-state index contributed by atoms with van der Waals surface area (Å²) in [6, 6.07) is 16.7. The summed E-state index contributed by atoms with van der Waals surface area (Å²) in [6.07, 6.45) is 0. The number of nitrogens with zero attached hydrogens (tertiary/aromatic N) is 2. The number of benzene rings is 3. The van der Waals surface area contributed by atoms with Gasteiger partial charge in [-0.15, -0.1) is 0 Å². The van der Waals surface area contributed by atoms with Crippen molar-refractivity contribution in [2.75, 3.05) is 18.6 Å². The number of rotatable bonds is 6. The van der Waals surface area contributed by atoms with Gasteiger partial charge >= 0.3 is 5.91 Å². The average Bonchev–Trinajstić information content (AvgIpc) is 3.42. The molecule has 1 aliphatic rings. The molecule has 0 bridgehead atoms. The van der Waals surface area contributed by atoms with Gasteiger partial charge in [0, 0.05) is 5.56 Å². The van der Waals surface area contributed by atoms with E-state index in [0.29, 0.717) is 39.4 Å². The van der Waals surface area contributed by atoms with Gasteiger partial charge in [0.15, 0.2) is 16.6 Å². The third-order valence-corrected chi connectivity index (χ3v) is 6.86. The van der Waals surface area contributed by atoms with Crippen LogP contribution in [0.15, 0.2) is 72.3 Å².